The van der Waals surface area contributed by atoms with Crippen LogP contribution in [0.15, 0.2) is 36.9 Å². The molecule has 0 radical (unpaired) electrons. The molecule has 18 heavy (non-hydrogen) atoms. The number of nitrogens with zero attached hydrogens (tertiary/aromatic N) is 2. The van der Waals surface area contributed by atoms with Crippen LogP contribution in [0.1, 0.15) is 0 Å². The summed E-state index contributed by atoms with van der Waals surface area (Å²) in [4.78, 5) is 3.98. The first kappa shape index (κ1) is 12.9. The lowest BCUT2D eigenvalue weighted by Crippen LogP contribution is -2.23. The Bertz CT molecular complexity index is 502. The topological polar surface area (TPSA) is 70.3 Å². The SMILES string of the molecule is OCC(O)CNc1cccc(Cl)c1-n1ccnc1. The van der Waals surface area contributed by atoms with Gasteiger partial charge in [0.25, 0.3) is 0 Å². The standard InChI is InChI=1S/C12H14ClN3O2/c13-10-2-1-3-11(15-6-9(18)7-17)12(10)16-5-4-14-8-16/h1-5,8-9,15,17-18H,6-7H2. The van der Waals surface area contributed by atoms with Crippen LogP contribution < -0.4 is 5.32 Å². The van der Waals surface area contributed by atoms with Gasteiger partial charge in [0.1, 0.15) is 0 Å². The normalized spacial score (nSPS) is 12.4. The van der Waals surface area contributed by atoms with Gasteiger partial charge < -0.3 is 20.1 Å². The van der Waals surface area contributed by atoms with Gasteiger partial charge in [-0.25, -0.2) is 4.98 Å². The van der Waals surface area contributed by atoms with Gasteiger partial charge in [-0.05, 0) is 12.1 Å². The first-order valence-electron chi connectivity index (χ1n) is 5.52. The molecule has 1 aromatic heterocycles. The summed E-state index contributed by atoms with van der Waals surface area (Å²) in [5.41, 5.74) is 1.54. The van der Waals surface area contributed by atoms with Crippen LogP contribution >= 0.6 is 11.6 Å². The maximum Gasteiger partial charge on any atom is 0.0992 e. The van der Waals surface area contributed by atoms with Crippen LogP contribution in [0.4, 0.5) is 5.69 Å². The number of aromatic nitrogens is 2. The van der Waals surface area contributed by atoms with Crippen molar-refractivity contribution in [3.05, 3.63) is 41.9 Å². The number of para-hydroxylation sites is 1. The summed E-state index contributed by atoms with van der Waals surface area (Å²) >= 11 is 6.17. The Hall–Kier alpha value is -1.56. The summed E-state index contributed by atoms with van der Waals surface area (Å²) in [5, 5.41) is 21.8. The fourth-order valence-corrected chi connectivity index (χ4v) is 1.88. The Morgan fingerprint density at radius 1 is 1.44 bits per heavy atom. The fourth-order valence-electron chi connectivity index (χ4n) is 1.60. The molecule has 0 saturated heterocycles. The van der Waals surface area contributed by atoms with Crippen LogP contribution in [0, 0.1) is 0 Å². The van der Waals surface area contributed by atoms with E-state index in [2.05, 4.69) is 10.3 Å². The minimum atomic E-state index is -0.806. The Labute approximate surface area is 110 Å². The van der Waals surface area contributed by atoms with E-state index in [1.807, 2.05) is 12.1 Å². The van der Waals surface area contributed by atoms with Crippen molar-refractivity contribution in [1.82, 2.24) is 9.55 Å². The molecule has 2 rings (SSSR count). The van der Waals surface area contributed by atoms with Crippen molar-refractivity contribution in [3.63, 3.8) is 0 Å². The number of anilines is 1. The highest BCUT2D eigenvalue weighted by Gasteiger charge is 2.10. The molecule has 1 heterocycles. The number of hydrogen-bond donors (Lipinski definition) is 3. The van der Waals surface area contributed by atoms with E-state index in [0.29, 0.717) is 5.02 Å². The highest BCUT2D eigenvalue weighted by Crippen LogP contribution is 2.28. The first-order chi connectivity index (χ1) is 8.72. The number of halogens is 1. The Balaban J connectivity index is 2.27. The first-order valence-corrected chi connectivity index (χ1v) is 5.90. The molecular formula is C12H14ClN3O2. The second-order valence-corrected chi connectivity index (χ2v) is 4.23. The van der Waals surface area contributed by atoms with Gasteiger partial charge in [0.15, 0.2) is 0 Å². The highest BCUT2D eigenvalue weighted by molar-refractivity contribution is 6.33. The van der Waals surface area contributed by atoms with Crippen molar-refractivity contribution in [3.8, 4) is 5.69 Å². The zero-order valence-electron chi connectivity index (χ0n) is 9.62. The molecule has 0 saturated carbocycles. The smallest absolute Gasteiger partial charge is 0.0992 e. The summed E-state index contributed by atoms with van der Waals surface area (Å²) in [6.45, 7) is -0.0352. The van der Waals surface area contributed by atoms with Gasteiger partial charge in [0.05, 0.1) is 35.4 Å². The number of nitrogens with one attached hydrogen (secondary N) is 1. The zero-order valence-corrected chi connectivity index (χ0v) is 10.4. The molecule has 96 valence electrons. The predicted octanol–water partition coefficient (Wildman–Crippen LogP) is 1.29. The molecule has 0 spiro atoms. The Morgan fingerprint density at radius 3 is 2.94 bits per heavy atom. The third-order valence-corrected chi connectivity index (χ3v) is 2.79. The highest BCUT2D eigenvalue weighted by atomic mass is 35.5. The molecule has 1 unspecified atom stereocenters. The lowest BCUT2D eigenvalue weighted by Gasteiger charge is -2.15. The van der Waals surface area contributed by atoms with Crippen LogP contribution in [0.2, 0.25) is 5.02 Å². The molecule has 0 aliphatic carbocycles. The second-order valence-electron chi connectivity index (χ2n) is 3.82. The van der Waals surface area contributed by atoms with E-state index >= 15 is 0 Å². The van der Waals surface area contributed by atoms with Crippen LogP contribution in [-0.4, -0.2) is 39.0 Å². The quantitative estimate of drug-likeness (QED) is 0.764. The number of hydrogen-bond acceptors (Lipinski definition) is 4. The van der Waals surface area contributed by atoms with Gasteiger partial charge in [-0.3, -0.25) is 0 Å². The van der Waals surface area contributed by atoms with Gasteiger partial charge in [0.2, 0.25) is 0 Å². The molecule has 2 aromatic rings. The molecule has 0 fully saturated rings. The molecule has 5 nitrogen and oxygen atoms in total. The van der Waals surface area contributed by atoms with E-state index < -0.39 is 6.10 Å². The molecule has 0 amide bonds. The summed E-state index contributed by atoms with van der Waals surface area (Å²) in [7, 11) is 0. The Morgan fingerprint density at radius 2 is 2.28 bits per heavy atom. The van der Waals surface area contributed by atoms with Crippen LogP contribution in [0.3, 0.4) is 0 Å². The average Bonchev–Trinajstić information content (AvgIpc) is 2.89. The second kappa shape index (κ2) is 5.86. The summed E-state index contributed by atoms with van der Waals surface area (Å²) < 4.78 is 1.79. The van der Waals surface area contributed by atoms with Gasteiger partial charge >= 0.3 is 0 Å². The van der Waals surface area contributed by atoms with Crippen LogP contribution in [0.5, 0.6) is 0 Å². The molecule has 0 bridgehead atoms. The minimum absolute atomic E-state index is 0.249. The summed E-state index contributed by atoms with van der Waals surface area (Å²) in [6.07, 6.45) is 4.29. The van der Waals surface area contributed by atoms with Gasteiger partial charge in [-0.2, -0.15) is 0 Å². The van der Waals surface area contributed by atoms with Crippen molar-refractivity contribution in [2.24, 2.45) is 0 Å². The molecule has 3 N–H and O–H groups in total. The van der Waals surface area contributed by atoms with E-state index in [1.165, 1.54) is 0 Å². The number of benzene rings is 1. The van der Waals surface area contributed by atoms with Crippen LogP contribution in [-0.2, 0) is 0 Å². The number of aliphatic hydroxyl groups excluding tert-OH is 2. The lowest BCUT2D eigenvalue weighted by atomic mass is 10.2. The molecule has 6 heteroatoms. The largest absolute Gasteiger partial charge is 0.394 e. The van der Waals surface area contributed by atoms with E-state index in [9.17, 15) is 5.11 Å². The third-order valence-electron chi connectivity index (χ3n) is 2.49. The summed E-state index contributed by atoms with van der Waals surface area (Å²) in [6, 6.07) is 5.45. The van der Waals surface area contributed by atoms with Crippen molar-refractivity contribution in [1.29, 1.82) is 0 Å². The van der Waals surface area contributed by atoms with Crippen molar-refractivity contribution in [2.75, 3.05) is 18.5 Å². The van der Waals surface area contributed by atoms with Crippen molar-refractivity contribution < 1.29 is 10.2 Å². The number of aliphatic hydroxyl groups is 2. The molecule has 0 aliphatic rings. The molecule has 0 aliphatic heterocycles. The molecule has 1 aromatic carbocycles. The minimum Gasteiger partial charge on any atom is -0.394 e. The maximum atomic E-state index is 9.35. The van der Waals surface area contributed by atoms with Crippen molar-refractivity contribution in [2.45, 2.75) is 6.10 Å². The van der Waals surface area contributed by atoms with E-state index in [0.717, 1.165) is 11.4 Å². The lowest BCUT2D eigenvalue weighted by molar-refractivity contribution is 0.105. The average molecular weight is 268 g/mol. The molecular weight excluding hydrogens is 254 g/mol. The fraction of sp³-hybridized carbons (Fsp3) is 0.250. The van der Waals surface area contributed by atoms with E-state index in [1.54, 1.807) is 29.4 Å². The monoisotopic (exact) mass is 267 g/mol. The Kier molecular flexibility index (Phi) is 4.19. The predicted molar refractivity (Wildman–Crippen MR) is 70.2 cm³/mol. The maximum absolute atomic E-state index is 9.35. The van der Waals surface area contributed by atoms with E-state index in [-0.39, 0.29) is 13.2 Å². The van der Waals surface area contributed by atoms with Gasteiger partial charge in [-0.1, -0.05) is 17.7 Å². The summed E-state index contributed by atoms with van der Waals surface area (Å²) in [5.74, 6) is 0. The van der Waals surface area contributed by atoms with Crippen molar-refractivity contribution >= 4 is 17.3 Å². The zero-order chi connectivity index (χ0) is 13.0. The van der Waals surface area contributed by atoms with Gasteiger partial charge in [-0.15, -0.1) is 0 Å². The van der Waals surface area contributed by atoms with E-state index in [4.69, 9.17) is 16.7 Å². The van der Waals surface area contributed by atoms with Gasteiger partial charge in [0, 0.05) is 18.9 Å². The van der Waals surface area contributed by atoms with Crippen LogP contribution in [0.25, 0.3) is 5.69 Å². The molecule has 1 atom stereocenters. The number of imidazole rings is 1. The number of rotatable bonds is 5. The third kappa shape index (κ3) is 2.81.